The number of amides is 2. The van der Waals surface area contributed by atoms with Gasteiger partial charge in [-0.15, -0.1) is 0 Å². The molecule has 0 saturated carbocycles. The largest absolute Gasteiger partial charge is 0.416 e. The number of hydrogen-bond donors (Lipinski definition) is 1. The summed E-state index contributed by atoms with van der Waals surface area (Å²) in [5.41, 5.74) is 2.31. The molecule has 2 aliphatic rings. The maximum atomic E-state index is 12.7. The Morgan fingerprint density at radius 3 is 2.33 bits per heavy atom. The van der Waals surface area contributed by atoms with E-state index in [0.29, 0.717) is 37.6 Å². The van der Waals surface area contributed by atoms with Gasteiger partial charge in [0.15, 0.2) is 0 Å². The Hall–Kier alpha value is -3.36. The number of anilines is 2. The topological polar surface area (TPSA) is 65.0 Å². The lowest BCUT2D eigenvalue weighted by atomic mass is 10.1. The molecule has 9 heteroatoms. The van der Waals surface area contributed by atoms with Crippen molar-refractivity contribution in [3.8, 4) is 0 Å². The molecule has 1 N–H and O–H groups in total. The molecule has 156 valence electrons. The Kier molecular flexibility index (Phi) is 5.19. The van der Waals surface area contributed by atoms with E-state index >= 15 is 0 Å². The summed E-state index contributed by atoms with van der Waals surface area (Å²) >= 11 is 0. The highest BCUT2D eigenvalue weighted by molar-refractivity contribution is 6.39. The number of hydrogen-bond acceptors (Lipinski definition) is 4. The number of benzene rings is 2. The molecule has 0 unspecified atom stereocenters. The summed E-state index contributed by atoms with van der Waals surface area (Å²) in [6, 6.07) is 10.3. The minimum atomic E-state index is -4.37. The molecule has 2 amide bonds. The summed E-state index contributed by atoms with van der Waals surface area (Å²) in [5, 5.41) is 2.61. The Morgan fingerprint density at radius 1 is 0.967 bits per heavy atom. The average molecular weight is 416 g/mol. The van der Waals surface area contributed by atoms with Crippen LogP contribution in [0.1, 0.15) is 11.1 Å². The van der Waals surface area contributed by atoms with Crippen LogP contribution in [-0.2, 0) is 22.2 Å². The molecule has 0 aliphatic carbocycles. The van der Waals surface area contributed by atoms with Crippen LogP contribution in [0, 0.1) is 0 Å². The van der Waals surface area contributed by atoms with Gasteiger partial charge in [-0.2, -0.15) is 13.2 Å². The van der Waals surface area contributed by atoms with Crippen LogP contribution in [-0.4, -0.2) is 49.1 Å². The summed E-state index contributed by atoms with van der Waals surface area (Å²) in [7, 11) is 0. The van der Waals surface area contributed by atoms with Gasteiger partial charge in [0, 0.05) is 50.2 Å². The van der Waals surface area contributed by atoms with Crippen molar-refractivity contribution in [3.63, 3.8) is 0 Å². The van der Waals surface area contributed by atoms with Crippen molar-refractivity contribution in [1.82, 2.24) is 4.90 Å². The fourth-order valence-corrected chi connectivity index (χ4v) is 3.53. The van der Waals surface area contributed by atoms with Gasteiger partial charge in [0.05, 0.1) is 11.3 Å². The zero-order valence-corrected chi connectivity index (χ0v) is 15.9. The van der Waals surface area contributed by atoms with E-state index in [2.05, 4.69) is 10.3 Å². The molecule has 0 radical (unpaired) electrons. The molecule has 2 aliphatic heterocycles. The van der Waals surface area contributed by atoms with Gasteiger partial charge in [-0.1, -0.05) is 6.07 Å². The summed E-state index contributed by atoms with van der Waals surface area (Å²) in [4.78, 5) is 32.4. The van der Waals surface area contributed by atoms with E-state index in [-0.39, 0.29) is 0 Å². The van der Waals surface area contributed by atoms with Gasteiger partial charge < -0.3 is 15.1 Å². The molecule has 30 heavy (non-hydrogen) atoms. The molecule has 2 heterocycles. The molecule has 4 rings (SSSR count). The van der Waals surface area contributed by atoms with Crippen molar-refractivity contribution in [3.05, 3.63) is 53.6 Å². The summed E-state index contributed by atoms with van der Waals surface area (Å²) in [6.45, 7) is 1.47. The highest BCUT2D eigenvalue weighted by Gasteiger charge is 2.31. The third-order valence-electron chi connectivity index (χ3n) is 5.21. The number of piperazine rings is 1. The van der Waals surface area contributed by atoms with E-state index in [1.54, 1.807) is 18.3 Å². The van der Waals surface area contributed by atoms with Crippen LogP contribution in [0.3, 0.4) is 0 Å². The third kappa shape index (κ3) is 4.14. The molecule has 0 bridgehead atoms. The van der Waals surface area contributed by atoms with E-state index in [9.17, 15) is 22.8 Å². The molecule has 0 spiro atoms. The smallest absolute Gasteiger partial charge is 0.368 e. The summed E-state index contributed by atoms with van der Waals surface area (Å²) in [5.74, 6) is -1.36. The van der Waals surface area contributed by atoms with Crippen LogP contribution >= 0.6 is 0 Å². The summed E-state index contributed by atoms with van der Waals surface area (Å²) in [6.07, 6.45) is -1.83. The molecule has 6 nitrogen and oxygen atoms in total. The van der Waals surface area contributed by atoms with Gasteiger partial charge in [-0.25, -0.2) is 0 Å². The maximum Gasteiger partial charge on any atom is 0.416 e. The number of halogens is 3. The maximum absolute atomic E-state index is 12.7. The number of aliphatic imine (C=N–C) groups is 1. The number of carbonyl (C=O) groups is 2. The van der Waals surface area contributed by atoms with Crippen LogP contribution in [0.2, 0.25) is 0 Å². The number of nitrogens with zero attached hydrogens (tertiary/aromatic N) is 3. The molecule has 1 saturated heterocycles. The highest BCUT2D eigenvalue weighted by Crippen LogP contribution is 2.31. The minimum absolute atomic E-state index is 0.307. The molecule has 0 aromatic heterocycles. The van der Waals surface area contributed by atoms with Crippen molar-refractivity contribution in [2.45, 2.75) is 12.6 Å². The van der Waals surface area contributed by atoms with E-state index in [1.165, 1.54) is 17.0 Å². The van der Waals surface area contributed by atoms with Gasteiger partial charge >= 0.3 is 18.0 Å². The Morgan fingerprint density at radius 2 is 1.67 bits per heavy atom. The zero-order valence-electron chi connectivity index (χ0n) is 15.9. The Balaban J connectivity index is 1.32. The monoisotopic (exact) mass is 416 g/mol. The predicted octanol–water partition coefficient (Wildman–Crippen LogP) is 3.25. The van der Waals surface area contributed by atoms with Gasteiger partial charge in [0.1, 0.15) is 0 Å². The molecular formula is C21H19F3N4O2. The minimum Gasteiger partial charge on any atom is -0.368 e. The standard InChI is InChI=1S/C21H19F3N4O2/c22-21(23,24)15-2-5-17(6-3-15)27-9-11-28(12-10-27)20(30)19(29)26-16-4-1-14-7-8-25-18(14)13-16/h1-6,8,13H,7,9-12H2,(H,26,29). The van der Waals surface area contributed by atoms with Crippen LogP contribution < -0.4 is 10.2 Å². The number of alkyl halides is 3. The van der Waals surface area contributed by atoms with Crippen LogP contribution in [0.15, 0.2) is 47.5 Å². The van der Waals surface area contributed by atoms with Crippen molar-refractivity contribution < 1.29 is 22.8 Å². The fraction of sp³-hybridized carbons (Fsp3) is 0.286. The van der Waals surface area contributed by atoms with Gasteiger partial charge in [0.2, 0.25) is 0 Å². The lowest BCUT2D eigenvalue weighted by Crippen LogP contribution is -2.51. The van der Waals surface area contributed by atoms with Crippen molar-refractivity contribution in [2.24, 2.45) is 4.99 Å². The van der Waals surface area contributed by atoms with Gasteiger partial charge in [0.25, 0.3) is 0 Å². The first-order chi connectivity index (χ1) is 14.3. The second kappa shape index (κ2) is 7.81. The molecule has 2 aromatic rings. The number of nitrogens with one attached hydrogen (secondary N) is 1. The van der Waals surface area contributed by atoms with E-state index in [4.69, 9.17) is 0 Å². The normalized spacial score (nSPS) is 15.8. The van der Waals surface area contributed by atoms with Crippen LogP contribution in [0.5, 0.6) is 0 Å². The number of fused-ring (bicyclic) bond motifs is 1. The van der Waals surface area contributed by atoms with Crippen LogP contribution in [0.25, 0.3) is 0 Å². The van der Waals surface area contributed by atoms with Crippen molar-refractivity contribution in [1.29, 1.82) is 0 Å². The van der Waals surface area contributed by atoms with Crippen molar-refractivity contribution in [2.75, 3.05) is 36.4 Å². The quantitative estimate of drug-likeness (QED) is 0.765. The van der Waals surface area contributed by atoms with E-state index in [1.807, 2.05) is 11.0 Å². The highest BCUT2D eigenvalue weighted by atomic mass is 19.4. The van der Waals surface area contributed by atoms with E-state index in [0.717, 1.165) is 29.8 Å². The zero-order chi connectivity index (χ0) is 21.3. The Bertz CT molecular complexity index is 994. The Labute approximate surface area is 171 Å². The fourth-order valence-electron chi connectivity index (χ4n) is 3.53. The first kappa shape index (κ1) is 19.9. The van der Waals surface area contributed by atoms with E-state index < -0.39 is 23.6 Å². The lowest BCUT2D eigenvalue weighted by molar-refractivity contribution is -0.143. The van der Waals surface area contributed by atoms with Gasteiger partial charge in [-0.05, 0) is 42.0 Å². The third-order valence-corrected chi connectivity index (χ3v) is 5.21. The first-order valence-electron chi connectivity index (χ1n) is 9.49. The van der Waals surface area contributed by atoms with Crippen molar-refractivity contribution >= 4 is 35.1 Å². The predicted molar refractivity (Wildman–Crippen MR) is 107 cm³/mol. The number of rotatable bonds is 2. The molecule has 0 atom stereocenters. The SMILES string of the molecule is O=C(Nc1ccc2c(c1)N=CC2)C(=O)N1CCN(c2ccc(C(F)(F)F)cc2)CC1. The molecule has 1 fully saturated rings. The number of carbonyl (C=O) groups excluding carboxylic acids is 2. The second-order valence-corrected chi connectivity index (χ2v) is 7.14. The second-order valence-electron chi connectivity index (χ2n) is 7.14. The van der Waals surface area contributed by atoms with Gasteiger partial charge in [-0.3, -0.25) is 14.6 Å². The first-order valence-corrected chi connectivity index (χ1v) is 9.49. The average Bonchev–Trinajstić information content (AvgIpc) is 3.21. The summed E-state index contributed by atoms with van der Waals surface area (Å²) < 4.78 is 38.1. The molecular weight excluding hydrogens is 397 g/mol. The van der Waals surface area contributed by atoms with Crippen LogP contribution in [0.4, 0.5) is 30.2 Å². The molecule has 2 aromatic carbocycles. The lowest BCUT2D eigenvalue weighted by Gasteiger charge is -2.35.